The van der Waals surface area contributed by atoms with E-state index in [9.17, 15) is 22.8 Å². The van der Waals surface area contributed by atoms with Gasteiger partial charge in [0.15, 0.2) is 5.76 Å². The maximum absolute atomic E-state index is 12.6. The predicted octanol–water partition coefficient (Wildman–Crippen LogP) is 5.22. The summed E-state index contributed by atoms with van der Waals surface area (Å²) in [6, 6.07) is 12.2. The van der Waals surface area contributed by atoms with Crippen molar-refractivity contribution in [2.24, 2.45) is 0 Å². The zero-order chi connectivity index (χ0) is 21.0. The number of carbonyl (C=O) groups is 2. The van der Waals surface area contributed by atoms with Gasteiger partial charge in [-0.15, -0.1) is 0 Å². The second kappa shape index (κ2) is 8.22. The first kappa shape index (κ1) is 20.2. The molecule has 2 aromatic carbocycles. The largest absolute Gasteiger partial charge is 0.459 e. The molecule has 1 heterocycles. The third kappa shape index (κ3) is 4.84. The van der Waals surface area contributed by atoms with Crippen LogP contribution in [0.25, 0.3) is 0 Å². The topological polar surface area (TPSA) is 68.5 Å². The third-order valence-electron chi connectivity index (χ3n) is 4.13. The Labute approximate surface area is 164 Å². The molecule has 3 rings (SSSR count). The lowest BCUT2D eigenvalue weighted by atomic mass is 10.1. The lowest BCUT2D eigenvalue weighted by molar-refractivity contribution is -0.137. The summed E-state index contributed by atoms with van der Waals surface area (Å²) in [5.74, 6) is -1.17. The summed E-state index contributed by atoms with van der Waals surface area (Å²) < 4.78 is 48.1. The van der Waals surface area contributed by atoms with Gasteiger partial charge in [-0.25, -0.2) is 4.79 Å². The van der Waals surface area contributed by atoms with Crippen LogP contribution in [-0.4, -0.2) is 11.9 Å². The van der Waals surface area contributed by atoms with Crippen molar-refractivity contribution in [1.29, 1.82) is 0 Å². The molecule has 0 saturated carbocycles. The van der Waals surface area contributed by atoms with Gasteiger partial charge in [0.25, 0.3) is 5.91 Å². The van der Waals surface area contributed by atoms with E-state index in [1.807, 2.05) is 0 Å². The number of hydrogen-bond donors (Lipinski definition) is 1. The van der Waals surface area contributed by atoms with Crippen LogP contribution in [0.2, 0.25) is 0 Å². The van der Waals surface area contributed by atoms with Crippen LogP contribution in [-0.2, 0) is 17.5 Å². The Morgan fingerprint density at radius 2 is 1.76 bits per heavy atom. The molecule has 5 nitrogen and oxygen atoms in total. The quantitative estimate of drug-likeness (QED) is 0.594. The van der Waals surface area contributed by atoms with Crippen LogP contribution in [0.5, 0.6) is 0 Å². The van der Waals surface area contributed by atoms with Crippen molar-refractivity contribution in [3.8, 4) is 0 Å². The molecule has 0 saturated heterocycles. The highest BCUT2D eigenvalue weighted by Crippen LogP contribution is 2.29. The lowest BCUT2D eigenvalue weighted by Crippen LogP contribution is -2.16. The second-order valence-electron chi connectivity index (χ2n) is 6.20. The smallest absolute Gasteiger partial charge is 0.416 e. The molecule has 0 aliphatic heterocycles. The number of hydrogen-bond acceptors (Lipinski definition) is 4. The highest BCUT2D eigenvalue weighted by atomic mass is 19.4. The van der Waals surface area contributed by atoms with Crippen molar-refractivity contribution in [1.82, 2.24) is 0 Å². The SMILES string of the molecule is Cc1cccc(C(=O)OCc2ccc(C(F)(F)F)cc2)c1NC(=O)c1ccco1. The minimum Gasteiger partial charge on any atom is -0.459 e. The number of amides is 1. The fourth-order valence-electron chi connectivity index (χ4n) is 2.60. The molecule has 0 radical (unpaired) electrons. The second-order valence-corrected chi connectivity index (χ2v) is 6.20. The molecule has 1 amide bonds. The molecule has 0 spiro atoms. The molecule has 8 heteroatoms. The molecule has 0 aliphatic carbocycles. The summed E-state index contributed by atoms with van der Waals surface area (Å²) in [6.45, 7) is 1.50. The van der Waals surface area contributed by atoms with E-state index in [1.54, 1.807) is 25.1 Å². The maximum atomic E-state index is 12.6. The monoisotopic (exact) mass is 403 g/mol. The van der Waals surface area contributed by atoms with E-state index in [0.717, 1.165) is 12.1 Å². The minimum atomic E-state index is -4.43. The van der Waals surface area contributed by atoms with Crippen LogP contribution in [0.3, 0.4) is 0 Å². The Hall–Kier alpha value is -3.55. The van der Waals surface area contributed by atoms with E-state index < -0.39 is 23.6 Å². The van der Waals surface area contributed by atoms with E-state index in [0.29, 0.717) is 11.1 Å². The molecule has 0 atom stereocenters. The van der Waals surface area contributed by atoms with E-state index in [-0.39, 0.29) is 23.6 Å². The number of esters is 1. The number of furan rings is 1. The maximum Gasteiger partial charge on any atom is 0.416 e. The van der Waals surface area contributed by atoms with Gasteiger partial charge in [0.1, 0.15) is 6.61 Å². The number of carbonyl (C=O) groups excluding carboxylic acids is 2. The number of rotatable bonds is 5. The molecule has 3 aromatic rings. The van der Waals surface area contributed by atoms with Gasteiger partial charge in [-0.1, -0.05) is 24.3 Å². The molecule has 0 unspecified atom stereocenters. The van der Waals surface area contributed by atoms with Crippen molar-refractivity contribution in [3.63, 3.8) is 0 Å². The zero-order valence-corrected chi connectivity index (χ0v) is 15.2. The Morgan fingerprint density at radius 1 is 1.03 bits per heavy atom. The summed E-state index contributed by atoms with van der Waals surface area (Å²) in [7, 11) is 0. The summed E-state index contributed by atoms with van der Waals surface area (Å²) in [5.41, 5.74) is 0.645. The van der Waals surface area contributed by atoms with Gasteiger partial charge in [0.05, 0.1) is 23.1 Å². The van der Waals surface area contributed by atoms with Gasteiger partial charge in [-0.05, 0) is 48.4 Å². The summed E-state index contributed by atoms with van der Waals surface area (Å²) in [4.78, 5) is 24.8. The first-order valence-corrected chi connectivity index (χ1v) is 8.53. The third-order valence-corrected chi connectivity index (χ3v) is 4.13. The van der Waals surface area contributed by atoms with E-state index in [2.05, 4.69) is 5.32 Å². The average molecular weight is 403 g/mol. The number of nitrogens with one attached hydrogen (secondary N) is 1. The number of halogens is 3. The van der Waals surface area contributed by atoms with Crippen molar-refractivity contribution in [2.45, 2.75) is 19.7 Å². The summed E-state index contributed by atoms with van der Waals surface area (Å²) in [6.07, 6.45) is -3.08. The molecular weight excluding hydrogens is 387 g/mol. The molecule has 150 valence electrons. The first-order chi connectivity index (χ1) is 13.8. The molecule has 29 heavy (non-hydrogen) atoms. The van der Waals surface area contributed by atoms with Crippen LogP contribution >= 0.6 is 0 Å². The van der Waals surface area contributed by atoms with Gasteiger partial charge in [0.2, 0.25) is 0 Å². The molecule has 0 aliphatic rings. The zero-order valence-electron chi connectivity index (χ0n) is 15.2. The van der Waals surface area contributed by atoms with Crippen molar-refractivity contribution >= 4 is 17.6 Å². The Balaban J connectivity index is 1.72. The lowest BCUT2D eigenvalue weighted by Gasteiger charge is -2.13. The number of alkyl halides is 3. The van der Waals surface area contributed by atoms with Gasteiger partial charge in [-0.2, -0.15) is 13.2 Å². The van der Waals surface area contributed by atoms with Crippen molar-refractivity contribution < 1.29 is 31.9 Å². The van der Waals surface area contributed by atoms with Crippen LogP contribution < -0.4 is 5.32 Å². The fraction of sp³-hybridized carbons (Fsp3) is 0.143. The average Bonchev–Trinajstić information content (AvgIpc) is 3.22. The van der Waals surface area contributed by atoms with E-state index in [4.69, 9.17) is 9.15 Å². The predicted molar refractivity (Wildman–Crippen MR) is 98.4 cm³/mol. The summed E-state index contributed by atoms with van der Waals surface area (Å²) in [5, 5.41) is 2.63. The van der Waals surface area contributed by atoms with Crippen molar-refractivity contribution in [2.75, 3.05) is 5.32 Å². The molecular formula is C21H16F3NO4. The van der Waals surface area contributed by atoms with Crippen molar-refractivity contribution in [3.05, 3.63) is 88.9 Å². The standard InChI is InChI=1S/C21H16F3NO4/c1-13-4-2-5-16(18(13)25-19(26)17-6-3-11-28-17)20(27)29-12-14-7-9-15(10-8-14)21(22,23)24/h2-11H,12H2,1H3,(H,25,26). The summed E-state index contributed by atoms with van der Waals surface area (Å²) >= 11 is 0. The fourth-order valence-corrected chi connectivity index (χ4v) is 2.60. The molecule has 0 fully saturated rings. The highest BCUT2D eigenvalue weighted by molar-refractivity contribution is 6.07. The molecule has 0 bridgehead atoms. The number of benzene rings is 2. The minimum absolute atomic E-state index is 0.0809. The number of ether oxygens (including phenoxy) is 1. The van der Waals surface area contributed by atoms with Crippen LogP contribution in [0, 0.1) is 6.92 Å². The van der Waals surface area contributed by atoms with E-state index >= 15 is 0 Å². The van der Waals surface area contributed by atoms with Gasteiger partial charge < -0.3 is 14.5 Å². The van der Waals surface area contributed by atoms with Crippen LogP contribution in [0.1, 0.15) is 37.6 Å². The normalized spacial score (nSPS) is 11.2. The molecule has 1 aromatic heterocycles. The van der Waals surface area contributed by atoms with Crippen LogP contribution in [0.4, 0.5) is 18.9 Å². The van der Waals surface area contributed by atoms with Crippen LogP contribution in [0.15, 0.2) is 65.3 Å². The van der Waals surface area contributed by atoms with Gasteiger partial charge >= 0.3 is 12.1 Å². The number of aryl methyl sites for hydroxylation is 1. The van der Waals surface area contributed by atoms with Gasteiger partial charge in [0, 0.05) is 0 Å². The van der Waals surface area contributed by atoms with E-state index in [1.165, 1.54) is 30.5 Å². The Morgan fingerprint density at radius 3 is 2.38 bits per heavy atom. The Bertz CT molecular complexity index is 1010. The van der Waals surface area contributed by atoms with Gasteiger partial charge in [-0.3, -0.25) is 4.79 Å². The number of para-hydroxylation sites is 1. The molecule has 1 N–H and O–H groups in total. The first-order valence-electron chi connectivity index (χ1n) is 8.53. The Kier molecular flexibility index (Phi) is 5.72. The highest BCUT2D eigenvalue weighted by Gasteiger charge is 2.30. The number of anilines is 1.